The van der Waals surface area contributed by atoms with Crippen LogP contribution < -0.4 is 0 Å². The third-order valence-corrected chi connectivity index (χ3v) is 4.83. The van der Waals surface area contributed by atoms with Gasteiger partial charge >= 0.3 is 0 Å². The van der Waals surface area contributed by atoms with Crippen LogP contribution >= 0.6 is 0 Å². The number of hydrogen-bond donors (Lipinski definition) is 0. The molecule has 0 amide bonds. The van der Waals surface area contributed by atoms with Gasteiger partial charge in [0, 0.05) is 1.37 Å². The lowest BCUT2D eigenvalue weighted by atomic mass is 9.51. The third kappa shape index (κ3) is 2.63. The first kappa shape index (κ1) is 11.1. The lowest BCUT2D eigenvalue weighted by Gasteiger charge is -2.54. The van der Waals surface area contributed by atoms with Crippen LogP contribution in [0.25, 0.3) is 0 Å². The Kier molecular flexibility index (Phi) is 2.60. The second kappa shape index (κ2) is 3.75. The van der Waals surface area contributed by atoms with E-state index < -0.39 is 0 Å². The van der Waals surface area contributed by atoms with Crippen LogP contribution in [-0.4, -0.2) is 0 Å². The van der Waals surface area contributed by atoms with Crippen LogP contribution in [0.1, 0.15) is 80.9 Å². The molecular weight excluding hydrogens is 192 g/mol. The molecule has 0 atom stereocenters. The average molecular weight is 223 g/mol. The molecule has 0 aromatic carbocycles. The molecule has 0 radical (unpaired) electrons. The topological polar surface area (TPSA) is 0 Å². The molecule has 0 nitrogen and oxygen atoms in total. The molecule has 2 aliphatic rings. The van der Waals surface area contributed by atoms with Crippen molar-refractivity contribution in [1.82, 2.24) is 0 Å². The van der Waals surface area contributed by atoms with Gasteiger partial charge in [-0.1, -0.05) is 47.5 Å². The molecule has 16 heavy (non-hydrogen) atoms. The molecule has 0 heterocycles. The van der Waals surface area contributed by atoms with Gasteiger partial charge in [0.2, 0.25) is 0 Å². The predicted octanol–water partition coefficient (Wildman–Crippen LogP) is 5.42. The third-order valence-electron chi connectivity index (χ3n) is 4.83. The highest BCUT2D eigenvalue weighted by molar-refractivity contribution is 4.98. The first-order valence-corrected chi connectivity index (χ1v) is 7.04. The van der Waals surface area contributed by atoms with Gasteiger partial charge in [-0.2, -0.15) is 0 Å². The van der Waals surface area contributed by atoms with Gasteiger partial charge in [-0.15, -0.1) is 0 Å². The maximum Gasteiger partial charge on any atom is 0.0300 e. The molecule has 0 N–H and O–H groups in total. The lowest BCUT2D eigenvalue weighted by molar-refractivity contribution is -0.0321. The molecule has 0 heteroatoms. The molecule has 0 aromatic rings. The lowest BCUT2D eigenvalue weighted by Crippen LogP contribution is -2.43. The quantitative estimate of drug-likeness (QED) is 0.514. The molecule has 94 valence electrons. The summed E-state index contributed by atoms with van der Waals surface area (Å²) in [6.45, 7) is 11.9. The van der Waals surface area contributed by atoms with E-state index in [9.17, 15) is 0 Å². The second-order valence-corrected chi connectivity index (χ2v) is 8.32. The monoisotopic (exact) mass is 223 g/mol. The van der Waals surface area contributed by atoms with Crippen LogP contribution in [0, 0.1) is 22.1 Å². The SMILES string of the molecule is [2H]C1(C)CCC2(CC1)CC(C)(C)CC(C)(C)C2. The molecule has 0 aromatic heterocycles. The van der Waals surface area contributed by atoms with Gasteiger partial charge in [0.1, 0.15) is 0 Å². The molecule has 0 saturated heterocycles. The fourth-order valence-corrected chi connectivity index (χ4v) is 5.07. The van der Waals surface area contributed by atoms with Gasteiger partial charge in [-0.25, -0.2) is 0 Å². The van der Waals surface area contributed by atoms with E-state index in [0.29, 0.717) is 16.2 Å². The van der Waals surface area contributed by atoms with Crippen molar-refractivity contribution in [3.8, 4) is 0 Å². The van der Waals surface area contributed by atoms with E-state index in [1.54, 1.807) is 0 Å². The zero-order valence-electron chi connectivity index (χ0n) is 12.9. The largest absolute Gasteiger partial charge is 0.0625 e. The molecule has 2 fully saturated rings. The van der Waals surface area contributed by atoms with Crippen molar-refractivity contribution in [1.29, 1.82) is 0 Å². The van der Waals surface area contributed by atoms with Crippen molar-refractivity contribution in [2.75, 3.05) is 0 Å². The maximum atomic E-state index is 8.23. The van der Waals surface area contributed by atoms with Gasteiger partial charge < -0.3 is 0 Å². The van der Waals surface area contributed by atoms with Crippen LogP contribution in [-0.2, 0) is 0 Å². The Morgan fingerprint density at radius 2 is 1.31 bits per heavy atom. The molecule has 0 aliphatic heterocycles. The van der Waals surface area contributed by atoms with E-state index in [2.05, 4.69) is 34.6 Å². The molecular formula is C16H30. The summed E-state index contributed by atoms with van der Waals surface area (Å²) in [4.78, 5) is 0. The Bertz CT molecular complexity index is 271. The Balaban J connectivity index is 2.15. The molecule has 1 spiro atoms. The van der Waals surface area contributed by atoms with Crippen LogP contribution in [0.2, 0.25) is 0 Å². The number of hydrogen-bond acceptors (Lipinski definition) is 0. The van der Waals surface area contributed by atoms with Crippen LogP contribution in [0.5, 0.6) is 0 Å². The highest BCUT2D eigenvalue weighted by Gasteiger charge is 2.47. The summed E-state index contributed by atoms with van der Waals surface area (Å²) in [7, 11) is 0. The van der Waals surface area contributed by atoms with E-state index in [0.717, 1.165) is 12.8 Å². The van der Waals surface area contributed by atoms with Crippen molar-refractivity contribution in [3.63, 3.8) is 0 Å². The summed E-state index contributed by atoms with van der Waals surface area (Å²) in [6.07, 6.45) is 8.94. The zero-order chi connectivity index (χ0) is 12.9. The smallest absolute Gasteiger partial charge is 0.0300 e. The highest BCUT2D eigenvalue weighted by atomic mass is 14.5. The van der Waals surface area contributed by atoms with E-state index >= 15 is 0 Å². The van der Waals surface area contributed by atoms with Crippen molar-refractivity contribution < 1.29 is 1.37 Å². The predicted molar refractivity (Wildman–Crippen MR) is 71.5 cm³/mol. The zero-order valence-corrected chi connectivity index (χ0v) is 11.9. The maximum absolute atomic E-state index is 8.23. The summed E-state index contributed by atoms with van der Waals surface area (Å²) in [5.41, 5.74) is 1.56. The fourth-order valence-electron chi connectivity index (χ4n) is 5.07. The van der Waals surface area contributed by atoms with Gasteiger partial charge in [-0.3, -0.25) is 0 Å². The van der Waals surface area contributed by atoms with Crippen molar-refractivity contribution in [2.45, 2.75) is 79.6 Å². The van der Waals surface area contributed by atoms with E-state index in [1.807, 2.05) is 0 Å². The Morgan fingerprint density at radius 3 is 1.75 bits per heavy atom. The van der Waals surface area contributed by atoms with E-state index in [1.165, 1.54) is 32.1 Å². The Labute approximate surface area is 104 Å². The van der Waals surface area contributed by atoms with E-state index in [-0.39, 0.29) is 5.89 Å². The summed E-state index contributed by atoms with van der Waals surface area (Å²) in [6, 6.07) is 0. The molecule has 2 rings (SSSR count). The number of rotatable bonds is 0. The second-order valence-electron chi connectivity index (χ2n) is 8.32. The summed E-state index contributed by atoms with van der Waals surface area (Å²) in [5.74, 6) is -0.142. The minimum absolute atomic E-state index is 0.142. The van der Waals surface area contributed by atoms with Crippen LogP contribution in [0.3, 0.4) is 0 Å². The summed E-state index contributed by atoms with van der Waals surface area (Å²) < 4.78 is 8.23. The van der Waals surface area contributed by atoms with Crippen LogP contribution in [0.4, 0.5) is 0 Å². The van der Waals surface area contributed by atoms with Crippen LogP contribution in [0.15, 0.2) is 0 Å². The first-order valence-electron chi connectivity index (χ1n) is 7.54. The average Bonchev–Trinajstić information content (AvgIpc) is 2.06. The van der Waals surface area contributed by atoms with E-state index in [4.69, 9.17) is 1.37 Å². The molecule has 2 aliphatic carbocycles. The minimum atomic E-state index is -0.142. The van der Waals surface area contributed by atoms with Gasteiger partial charge in [0.05, 0.1) is 0 Å². The summed E-state index contributed by atoms with van der Waals surface area (Å²) in [5, 5.41) is 0. The molecule has 0 bridgehead atoms. The first-order chi connectivity index (χ1) is 7.54. The Morgan fingerprint density at radius 1 is 0.875 bits per heavy atom. The highest BCUT2D eigenvalue weighted by Crippen LogP contribution is 2.59. The standard InChI is InChI=1S/C16H30/c1-13-6-8-16(9-7-13)11-14(2,3)10-15(4,5)12-16/h13H,6-12H2,1-5H3/i13D. The van der Waals surface area contributed by atoms with Gasteiger partial charge in [0.25, 0.3) is 0 Å². The summed E-state index contributed by atoms with van der Waals surface area (Å²) >= 11 is 0. The van der Waals surface area contributed by atoms with Gasteiger partial charge in [-0.05, 0) is 54.2 Å². The van der Waals surface area contributed by atoms with Crippen molar-refractivity contribution in [2.24, 2.45) is 22.1 Å². The van der Waals surface area contributed by atoms with Crippen molar-refractivity contribution >= 4 is 0 Å². The van der Waals surface area contributed by atoms with Gasteiger partial charge in [0.15, 0.2) is 0 Å². The van der Waals surface area contributed by atoms with Crippen molar-refractivity contribution in [3.05, 3.63) is 0 Å². The Hall–Kier alpha value is 0. The molecule has 0 unspecified atom stereocenters. The fraction of sp³-hybridized carbons (Fsp3) is 1.00. The molecule has 2 saturated carbocycles. The normalized spacial score (nSPS) is 35.7. The minimum Gasteiger partial charge on any atom is -0.0625 e.